The molecule has 106 valence electrons. The van der Waals surface area contributed by atoms with Gasteiger partial charge in [-0.25, -0.2) is 0 Å². The number of rotatable bonds is 3. The molecule has 0 aromatic heterocycles. The summed E-state index contributed by atoms with van der Waals surface area (Å²) in [5, 5.41) is 27.7. The van der Waals surface area contributed by atoms with E-state index in [1.807, 2.05) is 19.1 Å². The van der Waals surface area contributed by atoms with Crippen molar-refractivity contribution < 1.29 is 10.2 Å². The minimum Gasteiger partial charge on any atom is -0.508 e. The molecular formula is C16H20N2O2. The molecule has 1 unspecified atom stereocenters. The first-order valence-electron chi connectivity index (χ1n) is 6.79. The Balaban J connectivity index is 2.25. The molecule has 2 N–H and O–H groups in total. The highest BCUT2D eigenvalue weighted by Gasteiger charge is 2.11. The molecule has 2 rings (SSSR count). The molecule has 4 nitrogen and oxygen atoms in total. The van der Waals surface area contributed by atoms with E-state index < -0.39 is 0 Å². The maximum absolute atomic E-state index is 9.80. The number of aromatic hydroxyl groups is 1. The molecule has 4 heteroatoms. The summed E-state index contributed by atoms with van der Waals surface area (Å²) in [7, 11) is 0. The SMILES string of the molecule is Cc1cc(N=NC2C=CC(O)=CC2)c(C(C)C)cc1O. The molecule has 0 radical (unpaired) electrons. The molecule has 1 aromatic carbocycles. The molecule has 20 heavy (non-hydrogen) atoms. The fraction of sp³-hybridized carbons (Fsp3) is 0.375. The van der Waals surface area contributed by atoms with Gasteiger partial charge in [0.25, 0.3) is 0 Å². The number of aliphatic hydroxyl groups excluding tert-OH is 1. The Morgan fingerprint density at radius 3 is 2.60 bits per heavy atom. The summed E-state index contributed by atoms with van der Waals surface area (Å²) in [5.74, 6) is 0.833. The molecule has 0 amide bonds. The van der Waals surface area contributed by atoms with Crippen molar-refractivity contribution in [2.75, 3.05) is 0 Å². The number of azo groups is 1. The first kappa shape index (κ1) is 14.3. The van der Waals surface area contributed by atoms with Gasteiger partial charge in [0.15, 0.2) is 0 Å². The zero-order chi connectivity index (χ0) is 14.7. The lowest BCUT2D eigenvalue weighted by atomic mass is 9.99. The van der Waals surface area contributed by atoms with Crippen molar-refractivity contribution in [1.82, 2.24) is 0 Å². The second kappa shape index (κ2) is 5.90. The lowest BCUT2D eigenvalue weighted by Gasteiger charge is -2.12. The summed E-state index contributed by atoms with van der Waals surface area (Å²) >= 11 is 0. The standard InChI is InChI=1S/C16H20N2O2/c1-10(2)14-9-16(20)11(3)8-15(14)18-17-12-4-6-13(19)7-5-12/h4,6-10,12,19-20H,5H2,1-3H3. The molecule has 0 saturated heterocycles. The predicted molar refractivity (Wildman–Crippen MR) is 79.7 cm³/mol. The average Bonchev–Trinajstić information content (AvgIpc) is 2.41. The Labute approximate surface area is 119 Å². The molecule has 0 aliphatic heterocycles. The van der Waals surface area contributed by atoms with Gasteiger partial charge in [-0.3, -0.25) is 0 Å². The van der Waals surface area contributed by atoms with Gasteiger partial charge in [-0.1, -0.05) is 19.9 Å². The third kappa shape index (κ3) is 3.26. The Hall–Kier alpha value is -2.10. The summed E-state index contributed by atoms with van der Waals surface area (Å²) < 4.78 is 0. The van der Waals surface area contributed by atoms with Gasteiger partial charge in [0.1, 0.15) is 11.5 Å². The van der Waals surface area contributed by atoms with E-state index in [0.717, 1.165) is 16.8 Å². The Bertz CT molecular complexity index is 586. The van der Waals surface area contributed by atoms with Crippen LogP contribution in [0.4, 0.5) is 5.69 Å². The van der Waals surface area contributed by atoms with Crippen LogP contribution < -0.4 is 0 Å². The topological polar surface area (TPSA) is 65.2 Å². The van der Waals surface area contributed by atoms with E-state index in [2.05, 4.69) is 24.1 Å². The monoisotopic (exact) mass is 272 g/mol. The number of benzene rings is 1. The zero-order valence-electron chi connectivity index (χ0n) is 12.0. The van der Waals surface area contributed by atoms with Crippen LogP contribution in [0.3, 0.4) is 0 Å². The molecule has 1 aliphatic carbocycles. The van der Waals surface area contributed by atoms with Crippen molar-refractivity contribution in [3.63, 3.8) is 0 Å². The summed E-state index contributed by atoms with van der Waals surface area (Å²) in [4.78, 5) is 0. The zero-order valence-corrected chi connectivity index (χ0v) is 12.0. The number of phenolic OH excluding ortho intramolecular Hbond substituents is 1. The Morgan fingerprint density at radius 1 is 1.25 bits per heavy atom. The minimum absolute atomic E-state index is 0.0416. The third-order valence-electron chi connectivity index (χ3n) is 3.34. The predicted octanol–water partition coefficient (Wildman–Crippen LogP) is 4.68. The normalized spacial score (nSPS) is 18.8. The van der Waals surface area contributed by atoms with Crippen LogP contribution in [-0.4, -0.2) is 16.3 Å². The molecule has 0 heterocycles. The second-order valence-corrected chi connectivity index (χ2v) is 5.36. The molecule has 1 aliphatic rings. The molecule has 1 atom stereocenters. The maximum atomic E-state index is 9.80. The van der Waals surface area contributed by atoms with Crippen LogP contribution in [0.1, 0.15) is 37.3 Å². The average molecular weight is 272 g/mol. The van der Waals surface area contributed by atoms with Crippen LogP contribution >= 0.6 is 0 Å². The third-order valence-corrected chi connectivity index (χ3v) is 3.34. The van der Waals surface area contributed by atoms with Gasteiger partial charge in [-0.15, -0.1) is 0 Å². The van der Waals surface area contributed by atoms with Gasteiger partial charge in [-0.2, -0.15) is 10.2 Å². The number of hydrogen-bond acceptors (Lipinski definition) is 4. The Kier molecular flexibility index (Phi) is 4.23. The van der Waals surface area contributed by atoms with E-state index in [1.165, 1.54) is 0 Å². The van der Waals surface area contributed by atoms with Crippen LogP contribution in [-0.2, 0) is 0 Å². The van der Waals surface area contributed by atoms with E-state index in [4.69, 9.17) is 0 Å². The van der Waals surface area contributed by atoms with Gasteiger partial charge in [-0.05, 0) is 54.7 Å². The first-order valence-corrected chi connectivity index (χ1v) is 6.79. The minimum atomic E-state index is -0.0416. The van der Waals surface area contributed by atoms with Crippen molar-refractivity contribution in [3.05, 3.63) is 47.2 Å². The summed E-state index contributed by atoms with van der Waals surface area (Å²) in [6.07, 6.45) is 5.86. The van der Waals surface area contributed by atoms with E-state index in [1.54, 1.807) is 18.2 Å². The Morgan fingerprint density at radius 2 is 2.00 bits per heavy atom. The van der Waals surface area contributed by atoms with Gasteiger partial charge in [0.2, 0.25) is 0 Å². The van der Waals surface area contributed by atoms with Crippen LogP contribution in [0, 0.1) is 6.92 Å². The van der Waals surface area contributed by atoms with Gasteiger partial charge in [0, 0.05) is 0 Å². The first-order chi connectivity index (χ1) is 9.47. The highest BCUT2D eigenvalue weighted by atomic mass is 16.3. The number of hydrogen-bond donors (Lipinski definition) is 2. The lowest BCUT2D eigenvalue weighted by molar-refractivity contribution is 0.424. The molecule has 1 aromatic rings. The summed E-state index contributed by atoms with van der Waals surface area (Å²) in [6, 6.07) is 3.57. The van der Waals surface area contributed by atoms with E-state index in [-0.39, 0.29) is 23.5 Å². The van der Waals surface area contributed by atoms with Gasteiger partial charge < -0.3 is 10.2 Å². The quantitative estimate of drug-likeness (QED) is 0.785. The van der Waals surface area contributed by atoms with E-state index in [0.29, 0.717) is 6.42 Å². The van der Waals surface area contributed by atoms with Gasteiger partial charge >= 0.3 is 0 Å². The fourth-order valence-corrected chi connectivity index (χ4v) is 2.07. The van der Waals surface area contributed by atoms with Crippen molar-refractivity contribution >= 4 is 5.69 Å². The molecule has 0 bridgehead atoms. The van der Waals surface area contributed by atoms with Crippen LogP contribution in [0.15, 0.2) is 46.3 Å². The van der Waals surface area contributed by atoms with Crippen molar-refractivity contribution in [2.45, 2.75) is 39.2 Å². The lowest BCUT2D eigenvalue weighted by Crippen LogP contribution is -2.01. The number of nitrogens with zero attached hydrogens (tertiary/aromatic N) is 2. The van der Waals surface area contributed by atoms with Gasteiger partial charge in [0.05, 0.1) is 11.7 Å². The molecule has 0 fully saturated rings. The number of phenols is 1. The van der Waals surface area contributed by atoms with Crippen molar-refractivity contribution in [1.29, 1.82) is 0 Å². The van der Waals surface area contributed by atoms with Crippen LogP contribution in [0.2, 0.25) is 0 Å². The smallest absolute Gasteiger partial charge is 0.118 e. The molecular weight excluding hydrogens is 252 g/mol. The second-order valence-electron chi connectivity index (χ2n) is 5.36. The number of aliphatic hydroxyl groups is 1. The highest BCUT2D eigenvalue weighted by Crippen LogP contribution is 2.33. The van der Waals surface area contributed by atoms with E-state index in [9.17, 15) is 10.2 Å². The van der Waals surface area contributed by atoms with Crippen LogP contribution in [0.25, 0.3) is 0 Å². The summed E-state index contributed by atoms with van der Waals surface area (Å²) in [5.41, 5.74) is 2.57. The van der Waals surface area contributed by atoms with Crippen LogP contribution in [0.5, 0.6) is 5.75 Å². The summed E-state index contributed by atoms with van der Waals surface area (Å²) in [6.45, 7) is 5.97. The van der Waals surface area contributed by atoms with E-state index >= 15 is 0 Å². The largest absolute Gasteiger partial charge is 0.508 e. The molecule has 0 saturated carbocycles. The van der Waals surface area contributed by atoms with Crippen molar-refractivity contribution in [3.8, 4) is 5.75 Å². The number of allylic oxidation sites excluding steroid dienone is 1. The fourth-order valence-electron chi connectivity index (χ4n) is 2.07. The van der Waals surface area contributed by atoms with Crippen molar-refractivity contribution in [2.24, 2.45) is 10.2 Å². The molecule has 0 spiro atoms. The number of aryl methyl sites for hydroxylation is 1. The highest BCUT2D eigenvalue weighted by molar-refractivity contribution is 5.54. The maximum Gasteiger partial charge on any atom is 0.118 e.